The summed E-state index contributed by atoms with van der Waals surface area (Å²) in [4.78, 5) is 11.9. The fourth-order valence-electron chi connectivity index (χ4n) is 2.31. The van der Waals surface area contributed by atoms with Crippen LogP contribution in [0.2, 0.25) is 0 Å². The topological polar surface area (TPSA) is 38.3 Å². The van der Waals surface area contributed by atoms with Crippen LogP contribution in [0.15, 0.2) is 42.5 Å². The highest BCUT2D eigenvalue weighted by Crippen LogP contribution is 2.18. The molecule has 0 heterocycles. The third kappa shape index (κ3) is 4.62. The molecule has 3 nitrogen and oxygen atoms in total. The maximum Gasteiger partial charge on any atom is 0.262 e. The van der Waals surface area contributed by atoms with E-state index in [1.165, 1.54) is 5.56 Å². The standard InChI is InChI=1S/C19H23NO2/c1-13(2)16-5-7-17(8-6-16)20-19(21)12-22-18-10-14(3)9-15(4)11-18/h5-11,13H,12H2,1-4H3,(H,20,21). The zero-order chi connectivity index (χ0) is 16.1. The van der Waals surface area contributed by atoms with Gasteiger partial charge in [-0.1, -0.05) is 32.0 Å². The molecular formula is C19H23NO2. The zero-order valence-corrected chi connectivity index (χ0v) is 13.6. The van der Waals surface area contributed by atoms with E-state index in [0.29, 0.717) is 5.92 Å². The highest BCUT2D eigenvalue weighted by molar-refractivity contribution is 5.91. The van der Waals surface area contributed by atoms with Crippen LogP contribution < -0.4 is 10.1 Å². The van der Waals surface area contributed by atoms with E-state index in [2.05, 4.69) is 25.2 Å². The first kappa shape index (κ1) is 16.1. The molecule has 2 aromatic rings. The maximum atomic E-state index is 11.9. The second kappa shape index (κ2) is 7.12. The van der Waals surface area contributed by atoms with Gasteiger partial charge in [0.2, 0.25) is 0 Å². The molecule has 0 saturated carbocycles. The summed E-state index contributed by atoms with van der Waals surface area (Å²) in [5.74, 6) is 1.05. The second-order valence-corrected chi connectivity index (χ2v) is 5.94. The lowest BCUT2D eigenvalue weighted by atomic mass is 10.0. The number of anilines is 1. The highest BCUT2D eigenvalue weighted by atomic mass is 16.5. The number of aryl methyl sites for hydroxylation is 2. The summed E-state index contributed by atoms with van der Waals surface area (Å²) in [5, 5.41) is 2.84. The molecule has 0 atom stereocenters. The first-order valence-corrected chi connectivity index (χ1v) is 7.55. The average molecular weight is 297 g/mol. The minimum Gasteiger partial charge on any atom is -0.484 e. The largest absolute Gasteiger partial charge is 0.484 e. The number of carbonyl (C=O) groups is 1. The van der Waals surface area contributed by atoms with Crippen molar-refractivity contribution < 1.29 is 9.53 Å². The van der Waals surface area contributed by atoms with Crippen LogP contribution in [0.4, 0.5) is 5.69 Å². The van der Waals surface area contributed by atoms with Gasteiger partial charge < -0.3 is 10.1 Å². The molecule has 0 bridgehead atoms. The molecule has 0 spiro atoms. The van der Waals surface area contributed by atoms with E-state index in [1.54, 1.807) is 0 Å². The fourth-order valence-corrected chi connectivity index (χ4v) is 2.31. The molecule has 0 aliphatic rings. The summed E-state index contributed by atoms with van der Waals surface area (Å²) < 4.78 is 5.55. The molecule has 1 N–H and O–H groups in total. The van der Waals surface area contributed by atoms with Crippen molar-refractivity contribution in [3.8, 4) is 5.75 Å². The number of carbonyl (C=O) groups excluding carboxylic acids is 1. The van der Waals surface area contributed by atoms with Crippen molar-refractivity contribution in [2.75, 3.05) is 11.9 Å². The van der Waals surface area contributed by atoms with Crippen LogP contribution >= 0.6 is 0 Å². The summed E-state index contributed by atoms with van der Waals surface area (Å²) in [6.07, 6.45) is 0. The number of ether oxygens (including phenoxy) is 1. The average Bonchev–Trinajstić information content (AvgIpc) is 2.45. The molecule has 0 fully saturated rings. The minimum atomic E-state index is -0.156. The van der Waals surface area contributed by atoms with E-state index in [-0.39, 0.29) is 12.5 Å². The Morgan fingerprint density at radius 2 is 1.64 bits per heavy atom. The number of hydrogen-bond donors (Lipinski definition) is 1. The smallest absolute Gasteiger partial charge is 0.262 e. The van der Waals surface area contributed by atoms with Crippen molar-refractivity contribution in [3.05, 3.63) is 59.2 Å². The van der Waals surface area contributed by atoms with E-state index in [9.17, 15) is 4.79 Å². The van der Waals surface area contributed by atoms with E-state index >= 15 is 0 Å². The second-order valence-electron chi connectivity index (χ2n) is 5.94. The van der Waals surface area contributed by atoms with Gasteiger partial charge in [0, 0.05) is 5.69 Å². The van der Waals surface area contributed by atoms with Crippen LogP contribution in [0.5, 0.6) is 5.75 Å². The Bertz CT molecular complexity index is 625. The van der Waals surface area contributed by atoms with Crippen molar-refractivity contribution in [2.24, 2.45) is 0 Å². The molecule has 0 aliphatic carbocycles. The van der Waals surface area contributed by atoms with Crippen LogP contribution in [0.1, 0.15) is 36.5 Å². The summed E-state index contributed by atoms with van der Waals surface area (Å²) >= 11 is 0. The van der Waals surface area contributed by atoms with Gasteiger partial charge in [-0.15, -0.1) is 0 Å². The molecule has 2 aromatic carbocycles. The molecular weight excluding hydrogens is 274 g/mol. The van der Waals surface area contributed by atoms with Crippen molar-refractivity contribution in [2.45, 2.75) is 33.6 Å². The molecule has 116 valence electrons. The van der Waals surface area contributed by atoms with Gasteiger partial charge in [-0.05, 0) is 60.7 Å². The lowest BCUT2D eigenvalue weighted by Gasteiger charge is -2.10. The van der Waals surface area contributed by atoms with Crippen molar-refractivity contribution in [1.82, 2.24) is 0 Å². The van der Waals surface area contributed by atoms with Gasteiger partial charge in [0.1, 0.15) is 5.75 Å². The lowest BCUT2D eigenvalue weighted by Crippen LogP contribution is -2.20. The Balaban J connectivity index is 1.90. The van der Waals surface area contributed by atoms with Crippen molar-refractivity contribution >= 4 is 11.6 Å². The molecule has 22 heavy (non-hydrogen) atoms. The Kier molecular flexibility index (Phi) is 5.21. The summed E-state index contributed by atoms with van der Waals surface area (Å²) in [5.41, 5.74) is 4.29. The SMILES string of the molecule is Cc1cc(C)cc(OCC(=O)Nc2ccc(C(C)C)cc2)c1. The van der Waals surface area contributed by atoms with Gasteiger partial charge >= 0.3 is 0 Å². The van der Waals surface area contributed by atoms with E-state index < -0.39 is 0 Å². The summed E-state index contributed by atoms with van der Waals surface area (Å²) in [6, 6.07) is 13.8. The number of hydrogen-bond acceptors (Lipinski definition) is 2. The van der Waals surface area contributed by atoms with Gasteiger partial charge in [0.05, 0.1) is 0 Å². The van der Waals surface area contributed by atoms with Gasteiger partial charge in [0.15, 0.2) is 6.61 Å². The first-order valence-electron chi connectivity index (χ1n) is 7.55. The molecule has 0 aliphatic heterocycles. The Labute approximate surface area is 132 Å². The minimum absolute atomic E-state index is 0.00876. The van der Waals surface area contributed by atoms with E-state index in [1.807, 2.05) is 50.2 Å². The zero-order valence-electron chi connectivity index (χ0n) is 13.6. The normalized spacial score (nSPS) is 10.6. The Morgan fingerprint density at radius 3 is 2.18 bits per heavy atom. The quantitative estimate of drug-likeness (QED) is 0.885. The lowest BCUT2D eigenvalue weighted by molar-refractivity contribution is -0.118. The summed E-state index contributed by atoms with van der Waals surface area (Å²) in [6.45, 7) is 8.32. The van der Waals surface area contributed by atoms with Gasteiger partial charge in [-0.25, -0.2) is 0 Å². The van der Waals surface area contributed by atoms with Crippen LogP contribution in [-0.4, -0.2) is 12.5 Å². The monoisotopic (exact) mass is 297 g/mol. The predicted molar refractivity (Wildman–Crippen MR) is 90.6 cm³/mol. The number of nitrogens with one attached hydrogen (secondary N) is 1. The van der Waals surface area contributed by atoms with Gasteiger partial charge in [-0.3, -0.25) is 4.79 Å². The number of rotatable bonds is 5. The molecule has 3 heteroatoms. The molecule has 0 unspecified atom stereocenters. The fraction of sp³-hybridized carbons (Fsp3) is 0.316. The Hall–Kier alpha value is -2.29. The van der Waals surface area contributed by atoms with Crippen LogP contribution in [-0.2, 0) is 4.79 Å². The van der Waals surface area contributed by atoms with Crippen LogP contribution in [0.3, 0.4) is 0 Å². The van der Waals surface area contributed by atoms with Crippen molar-refractivity contribution in [3.63, 3.8) is 0 Å². The maximum absolute atomic E-state index is 11.9. The number of benzene rings is 2. The predicted octanol–water partition coefficient (Wildman–Crippen LogP) is 4.44. The van der Waals surface area contributed by atoms with Crippen molar-refractivity contribution in [1.29, 1.82) is 0 Å². The van der Waals surface area contributed by atoms with Gasteiger partial charge in [0.25, 0.3) is 5.91 Å². The first-order chi connectivity index (χ1) is 10.4. The molecule has 0 saturated heterocycles. The molecule has 2 rings (SSSR count). The van der Waals surface area contributed by atoms with Crippen LogP contribution in [0, 0.1) is 13.8 Å². The third-order valence-electron chi connectivity index (χ3n) is 3.43. The Morgan fingerprint density at radius 1 is 1.05 bits per heavy atom. The molecule has 0 radical (unpaired) electrons. The van der Waals surface area contributed by atoms with Gasteiger partial charge in [-0.2, -0.15) is 0 Å². The third-order valence-corrected chi connectivity index (χ3v) is 3.43. The van der Waals surface area contributed by atoms with E-state index in [4.69, 9.17) is 4.74 Å². The molecule has 0 aromatic heterocycles. The van der Waals surface area contributed by atoms with E-state index in [0.717, 1.165) is 22.6 Å². The van der Waals surface area contributed by atoms with Crippen LogP contribution in [0.25, 0.3) is 0 Å². The number of amides is 1. The summed E-state index contributed by atoms with van der Waals surface area (Å²) in [7, 11) is 0. The highest BCUT2D eigenvalue weighted by Gasteiger charge is 2.05. The molecule has 1 amide bonds.